The smallest absolute Gasteiger partial charge is 0.247 e. The summed E-state index contributed by atoms with van der Waals surface area (Å²) in [7, 11) is -0.754. The van der Waals surface area contributed by atoms with Crippen LogP contribution < -0.4 is 14.8 Å². The number of carbonyl (C=O) groups is 1. The van der Waals surface area contributed by atoms with Gasteiger partial charge in [0.05, 0.1) is 19.8 Å². The normalized spacial score (nSPS) is 24.2. The van der Waals surface area contributed by atoms with E-state index in [2.05, 4.69) is 32.4 Å². The minimum atomic E-state index is -4.16. The number of carbonyl (C=O) groups excluding carboxylic acids is 1. The van der Waals surface area contributed by atoms with Crippen LogP contribution in [0.5, 0.6) is 11.5 Å². The van der Waals surface area contributed by atoms with Crippen molar-refractivity contribution in [1.82, 2.24) is 29.3 Å². The van der Waals surface area contributed by atoms with Gasteiger partial charge in [0.15, 0.2) is 5.82 Å². The molecule has 3 aliphatic heterocycles. The van der Waals surface area contributed by atoms with Crippen LogP contribution in [0.2, 0.25) is 0 Å². The van der Waals surface area contributed by atoms with Gasteiger partial charge in [-0.3, -0.25) is 9.69 Å². The number of hydrogen-bond acceptors (Lipinski definition) is 9. The largest absolute Gasteiger partial charge is 0.497 e. The minimum Gasteiger partial charge on any atom is -0.497 e. The first-order valence-electron chi connectivity index (χ1n) is 14.2. The molecular formula is C29H36N6O6S. The molecule has 2 saturated heterocycles. The number of ether oxygens (including phenoxy) is 2. The topological polar surface area (TPSA) is 139 Å². The summed E-state index contributed by atoms with van der Waals surface area (Å²) >= 11 is 0. The Kier molecular flexibility index (Phi) is 7.68. The lowest BCUT2D eigenvalue weighted by atomic mass is 9.84. The molecule has 2 fully saturated rings. The van der Waals surface area contributed by atoms with Gasteiger partial charge in [-0.05, 0) is 48.7 Å². The van der Waals surface area contributed by atoms with E-state index in [1.807, 2.05) is 12.1 Å². The monoisotopic (exact) mass is 596 g/mol. The van der Waals surface area contributed by atoms with Crippen LogP contribution >= 0.6 is 0 Å². The van der Waals surface area contributed by atoms with E-state index in [-0.39, 0.29) is 36.1 Å². The van der Waals surface area contributed by atoms with Gasteiger partial charge in [-0.15, -0.1) is 0 Å². The Bertz CT molecular complexity index is 1550. The fourth-order valence-electron chi connectivity index (χ4n) is 6.21. The number of piperidine rings is 1. The van der Waals surface area contributed by atoms with Crippen molar-refractivity contribution in [2.75, 3.05) is 33.4 Å². The molecule has 1 spiro atoms. The second-order valence-electron chi connectivity index (χ2n) is 11.3. The summed E-state index contributed by atoms with van der Waals surface area (Å²) in [5, 5.41) is 17.8. The van der Waals surface area contributed by atoms with Crippen LogP contribution in [-0.2, 0) is 28.4 Å². The highest BCUT2D eigenvalue weighted by Crippen LogP contribution is 2.37. The second-order valence-corrected chi connectivity index (χ2v) is 13.2. The molecule has 0 radical (unpaired) electrons. The lowest BCUT2D eigenvalue weighted by Gasteiger charge is -2.43. The molecule has 0 saturated carbocycles. The molecule has 2 N–H and O–H groups in total. The number of aliphatic hydroxyl groups is 1. The fraction of sp³-hybridized carbons (Fsp3) is 0.483. The summed E-state index contributed by atoms with van der Waals surface area (Å²) in [6.07, 6.45) is 2.42. The SMILES string of the molecule is COc1ccc(CN2CCC3(CCOc4cc(-c5ncnn5C)ccc4S(=O)(=O)N4C[C@H](O)C[C@H]4C(=O)N3)CC2)cc1. The zero-order chi connectivity index (χ0) is 29.5. The molecule has 1 aromatic heterocycles. The number of nitrogens with zero attached hydrogens (tertiary/aromatic N) is 5. The molecule has 4 heterocycles. The van der Waals surface area contributed by atoms with E-state index in [4.69, 9.17) is 9.47 Å². The Hall–Kier alpha value is -3.52. The Labute approximate surface area is 245 Å². The number of likely N-dealkylation sites (tertiary alicyclic amines) is 1. The van der Waals surface area contributed by atoms with Crippen molar-refractivity contribution < 1.29 is 27.8 Å². The van der Waals surface area contributed by atoms with E-state index < -0.39 is 27.7 Å². The molecule has 0 aliphatic carbocycles. The molecule has 0 bridgehead atoms. The van der Waals surface area contributed by atoms with Gasteiger partial charge in [0.25, 0.3) is 0 Å². The van der Waals surface area contributed by atoms with Crippen LogP contribution in [0.4, 0.5) is 0 Å². The van der Waals surface area contributed by atoms with Gasteiger partial charge in [0.2, 0.25) is 15.9 Å². The Morgan fingerprint density at radius 2 is 1.90 bits per heavy atom. The van der Waals surface area contributed by atoms with E-state index in [9.17, 15) is 18.3 Å². The van der Waals surface area contributed by atoms with Gasteiger partial charge in [0.1, 0.15) is 28.8 Å². The molecule has 224 valence electrons. The molecule has 42 heavy (non-hydrogen) atoms. The number of nitrogens with one attached hydrogen (secondary N) is 1. The van der Waals surface area contributed by atoms with E-state index >= 15 is 0 Å². The highest BCUT2D eigenvalue weighted by Gasteiger charge is 2.47. The summed E-state index contributed by atoms with van der Waals surface area (Å²) in [6.45, 7) is 2.36. The quantitative estimate of drug-likeness (QED) is 0.459. The number of amides is 1. The first-order chi connectivity index (χ1) is 20.2. The number of hydrogen-bond donors (Lipinski definition) is 2. The van der Waals surface area contributed by atoms with Gasteiger partial charge < -0.3 is 19.9 Å². The molecule has 13 heteroatoms. The summed E-state index contributed by atoms with van der Waals surface area (Å²) in [6, 6.07) is 11.8. The van der Waals surface area contributed by atoms with Crippen molar-refractivity contribution in [2.24, 2.45) is 7.05 Å². The molecule has 0 unspecified atom stereocenters. The van der Waals surface area contributed by atoms with Crippen molar-refractivity contribution in [1.29, 1.82) is 0 Å². The Morgan fingerprint density at radius 1 is 1.14 bits per heavy atom. The zero-order valence-corrected chi connectivity index (χ0v) is 24.6. The number of methoxy groups -OCH3 is 1. The van der Waals surface area contributed by atoms with Crippen molar-refractivity contribution in [3.05, 3.63) is 54.4 Å². The highest BCUT2D eigenvalue weighted by atomic mass is 32.2. The van der Waals surface area contributed by atoms with Gasteiger partial charge in [0, 0.05) is 57.2 Å². The molecular weight excluding hydrogens is 560 g/mol. The lowest BCUT2D eigenvalue weighted by Crippen LogP contribution is -2.59. The number of rotatable bonds is 4. The Morgan fingerprint density at radius 3 is 2.60 bits per heavy atom. The van der Waals surface area contributed by atoms with E-state index in [1.54, 1.807) is 31.0 Å². The molecule has 2 aromatic carbocycles. The fourth-order valence-corrected chi connectivity index (χ4v) is 7.96. The summed E-state index contributed by atoms with van der Waals surface area (Å²) in [5.41, 5.74) is 1.27. The van der Waals surface area contributed by atoms with Crippen LogP contribution in [0.15, 0.2) is 53.7 Å². The first kappa shape index (κ1) is 28.6. The average Bonchev–Trinajstić information content (AvgIpc) is 3.60. The summed E-state index contributed by atoms with van der Waals surface area (Å²) in [4.78, 5) is 20.3. The maximum absolute atomic E-state index is 13.9. The minimum absolute atomic E-state index is 0.0365. The molecule has 6 rings (SSSR count). The molecule has 3 aliphatic rings. The maximum Gasteiger partial charge on any atom is 0.247 e. The van der Waals surface area contributed by atoms with Crippen molar-refractivity contribution >= 4 is 15.9 Å². The third-order valence-electron chi connectivity index (χ3n) is 8.64. The highest BCUT2D eigenvalue weighted by molar-refractivity contribution is 7.89. The van der Waals surface area contributed by atoms with Crippen molar-refractivity contribution in [2.45, 2.75) is 54.8 Å². The van der Waals surface area contributed by atoms with E-state index in [1.165, 1.54) is 18.0 Å². The Balaban J connectivity index is 1.28. The van der Waals surface area contributed by atoms with E-state index in [0.29, 0.717) is 30.7 Å². The third-order valence-corrected chi connectivity index (χ3v) is 10.6. The number of sulfonamides is 1. The third kappa shape index (κ3) is 5.49. The van der Waals surface area contributed by atoms with Crippen LogP contribution in [-0.4, -0.2) is 94.4 Å². The van der Waals surface area contributed by atoms with E-state index in [0.717, 1.165) is 29.7 Å². The standard InChI is InChI=1S/C29H36N6O6S/c1-33-27(30-19-31-33)21-5-8-26-25(15-21)41-14-11-29(32-28(37)24-16-22(36)18-35(24)42(26,38)39)9-12-34(13-10-29)17-20-3-6-23(40-2)7-4-20/h3-8,15,19,22,24,36H,9-14,16-18H2,1-2H3,(H,32,37)/t22-,24+/m1/s1. The molecule has 2 atom stereocenters. The van der Waals surface area contributed by atoms with Crippen molar-refractivity contribution in [3.8, 4) is 22.9 Å². The lowest BCUT2D eigenvalue weighted by molar-refractivity contribution is -0.127. The van der Waals surface area contributed by atoms with Crippen LogP contribution in [0.1, 0.15) is 31.2 Å². The molecule has 1 amide bonds. The number of aryl methyl sites for hydroxylation is 1. The van der Waals surface area contributed by atoms with Crippen LogP contribution in [0.3, 0.4) is 0 Å². The predicted molar refractivity (Wildman–Crippen MR) is 153 cm³/mol. The van der Waals surface area contributed by atoms with Crippen molar-refractivity contribution in [3.63, 3.8) is 0 Å². The molecule has 3 aromatic rings. The van der Waals surface area contributed by atoms with Gasteiger partial charge in [-0.1, -0.05) is 12.1 Å². The summed E-state index contributed by atoms with van der Waals surface area (Å²) < 4.78 is 42.1. The maximum atomic E-state index is 13.9. The van der Waals surface area contributed by atoms with Gasteiger partial charge in [-0.2, -0.15) is 9.40 Å². The predicted octanol–water partition coefficient (Wildman–Crippen LogP) is 1.55. The van der Waals surface area contributed by atoms with Gasteiger partial charge in [-0.25, -0.2) is 18.1 Å². The number of benzene rings is 2. The number of aromatic nitrogens is 3. The second kappa shape index (κ2) is 11.3. The van der Waals surface area contributed by atoms with Crippen LogP contribution in [0, 0.1) is 0 Å². The average molecular weight is 597 g/mol. The summed E-state index contributed by atoms with van der Waals surface area (Å²) in [5.74, 6) is 1.20. The van der Waals surface area contributed by atoms with Gasteiger partial charge >= 0.3 is 0 Å². The zero-order valence-electron chi connectivity index (χ0n) is 23.8. The number of fused-ring (bicyclic) bond motifs is 2. The first-order valence-corrected chi connectivity index (χ1v) is 15.6. The molecule has 12 nitrogen and oxygen atoms in total. The van der Waals surface area contributed by atoms with Crippen LogP contribution in [0.25, 0.3) is 11.4 Å². The number of aliphatic hydroxyl groups excluding tert-OH is 1.